The molecular weight excluding hydrogens is 209 g/mol. The number of nitrogens with zero attached hydrogens (tertiary/aromatic N) is 1. The van der Waals surface area contributed by atoms with Gasteiger partial charge in [0.25, 0.3) is 6.43 Å². The second kappa shape index (κ2) is 3.41. The highest BCUT2D eigenvalue weighted by molar-refractivity contribution is 6.39. The van der Waals surface area contributed by atoms with Crippen LogP contribution < -0.4 is 5.73 Å². The van der Waals surface area contributed by atoms with Crippen molar-refractivity contribution in [3.05, 3.63) is 21.9 Å². The summed E-state index contributed by atoms with van der Waals surface area (Å²) in [6, 6.07) is 0. The third-order valence-corrected chi connectivity index (χ3v) is 1.94. The summed E-state index contributed by atoms with van der Waals surface area (Å²) in [4.78, 5) is 3.34. The van der Waals surface area contributed by atoms with E-state index in [0.717, 1.165) is 6.20 Å². The van der Waals surface area contributed by atoms with Crippen LogP contribution in [0, 0.1) is 0 Å². The van der Waals surface area contributed by atoms with Crippen molar-refractivity contribution in [2.24, 2.45) is 0 Å². The second-order valence-corrected chi connectivity index (χ2v) is 2.80. The van der Waals surface area contributed by atoms with E-state index in [4.69, 9.17) is 28.9 Å². The third kappa shape index (κ3) is 1.59. The van der Waals surface area contributed by atoms with Crippen molar-refractivity contribution < 1.29 is 8.78 Å². The largest absolute Gasteiger partial charge is 0.396 e. The van der Waals surface area contributed by atoms with Crippen LogP contribution in [0.25, 0.3) is 0 Å². The molecule has 12 heavy (non-hydrogen) atoms. The molecular formula is C6H4Cl2F2N2. The van der Waals surface area contributed by atoms with Crippen molar-refractivity contribution in [1.29, 1.82) is 0 Å². The molecule has 0 saturated heterocycles. The number of hydrogen-bond acceptors (Lipinski definition) is 2. The summed E-state index contributed by atoms with van der Waals surface area (Å²) < 4.78 is 24.2. The molecule has 0 aliphatic rings. The fraction of sp³-hybridized carbons (Fsp3) is 0.167. The lowest BCUT2D eigenvalue weighted by Crippen LogP contribution is -1.97. The molecule has 0 fully saturated rings. The number of nitrogen functional groups attached to an aromatic ring is 1. The monoisotopic (exact) mass is 212 g/mol. The first-order chi connectivity index (χ1) is 5.54. The summed E-state index contributed by atoms with van der Waals surface area (Å²) in [7, 11) is 0. The first-order valence-electron chi connectivity index (χ1n) is 2.91. The van der Waals surface area contributed by atoms with Gasteiger partial charge in [-0.15, -0.1) is 0 Å². The van der Waals surface area contributed by atoms with E-state index in [1.54, 1.807) is 0 Å². The van der Waals surface area contributed by atoms with Gasteiger partial charge in [-0.2, -0.15) is 0 Å². The van der Waals surface area contributed by atoms with Crippen LogP contribution in [0.15, 0.2) is 6.20 Å². The Hall–Kier alpha value is -0.610. The highest BCUT2D eigenvalue weighted by atomic mass is 35.5. The average Bonchev–Trinajstić information content (AvgIpc) is 2.00. The van der Waals surface area contributed by atoms with Gasteiger partial charge >= 0.3 is 0 Å². The molecule has 0 amide bonds. The molecule has 0 bridgehead atoms. The molecule has 2 N–H and O–H groups in total. The van der Waals surface area contributed by atoms with Crippen molar-refractivity contribution >= 4 is 28.9 Å². The van der Waals surface area contributed by atoms with Crippen molar-refractivity contribution in [3.8, 4) is 0 Å². The second-order valence-electron chi connectivity index (χ2n) is 2.02. The van der Waals surface area contributed by atoms with Crippen LogP contribution in [-0.2, 0) is 0 Å². The topological polar surface area (TPSA) is 38.9 Å². The Morgan fingerprint density at radius 2 is 2.00 bits per heavy atom. The highest BCUT2D eigenvalue weighted by Crippen LogP contribution is 2.33. The molecule has 6 heteroatoms. The molecule has 0 radical (unpaired) electrons. The van der Waals surface area contributed by atoms with Gasteiger partial charge in [-0.25, -0.2) is 8.78 Å². The standard InChI is InChI=1S/C6H4Cl2F2N2/c7-2-1-12-5(6(9)10)3(8)4(2)11/h1,6H,(H2,11,12). The highest BCUT2D eigenvalue weighted by Gasteiger charge is 2.17. The Labute approximate surface area is 77.3 Å². The fourth-order valence-electron chi connectivity index (χ4n) is 0.647. The Kier molecular flexibility index (Phi) is 2.69. The SMILES string of the molecule is Nc1c(Cl)cnc(C(F)F)c1Cl. The predicted molar refractivity (Wildman–Crippen MR) is 43.6 cm³/mol. The molecule has 1 heterocycles. The minimum atomic E-state index is -2.74. The summed E-state index contributed by atoms with van der Waals surface area (Å²) in [5.74, 6) is 0. The van der Waals surface area contributed by atoms with Crippen molar-refractivity contribution in [1.82, 2.24) is 4.98 Å². The van der Waals surface area contributed by atoms with E-state index >= 15 is 0 Å². The summed E-state index contributed by atoms with van der Waals surface area (Å²) >= 11 is 10.9. The maximum atomic E-state index is 12.1. The Bertz CT molecular complexity index is 304. The van der Waals surface area contributed by atoms with Crippen LogP contribution in [0.3, 0.4) is 0 Å². The lowest BCUT2D eigenvalue weighted by Gasteiger charge is -2.05. The van der Waals surface area contributed by atoms with Gasteiger partial charge in [0, 0.05) is 6.20 Å². The summed E-state index contributed by atoms with van der Waals surface area (Å²) in [5.41, 5.74) is 4.67. The molecule has 0 unspecified atom stereocenters. The zero-order valence-corrected chi connectivity index (χ0v) is 7.20. The number of rotatable bonds is 1. The van der Waals surface area contributed by atoms with E-state index in [2.05, 4.69) is 4.98 Å². The van der Waals surface area contributed by atoms with Crippen molar-refractivity contribution in [2.75, 3.05) is 5.73 Å². The normalized spacial score (nSPS) is 10.8. The minimum absolute atomic E-state index is 0.0661. The van der Waals surface area contributed by atoms with Crippen LogP contribution in [0.1, 0.15) is 12.1 Å². The summed E-state index contributed by atoms with van der Waals surface area (Å²) in [5, 5.41) is -0.207. The van der Waals surface area contributed by atoms with Crippen LogP contribution in [-0.4, -0.2) is 4.98 Å². The van der Waals surface area contributed by atoms with Gasteiger partial charge in [-0.1, -0.05) is 23.2 Å². The number of hydrogen-bond donors (Lipinski definition) is 1. The van der Waals surface area contributed by atoms with Crippen molar-refractivity contribution in [3.63, 3.8) is 0 Å². The first-order valence-corrected chi connectivity index (χ1v) is 3.67. The molecule has 0 aliphatic carbocycles. The Morgan fingerprint density at radius 3 is 2.50 bits per heavy atom. The summed E-state index contributed by atoms with van der Waals surface area (Å²) in [6.07, 6.45) is -1.69. The number of pyridine rings is 1. The number of aromatic nitrogens is 1. The maximum Gasteiger partial charge on any atom is 0.281 e. The molecule has 1 rings (SSSR count). The lowest BCUT2D eigenvalue weighted by molar-refractivity contribution is 0.146. The van der Waals surface area contributed by atoms with Crippen LogP contribution >= 0.6 is 23.2 Å². The van der Waals surface area contributed by atoms with Gasteiger partial charge in [0.15, 0.2) is 0 Å². The molecule has 0 atom stereocenters. The maximum absolute atomic E-state index is 12.1. The Balaban J connectivity index is 3.27. The van der Waals surface area contributed by atoms with E-state index < -0.39 is 12.1 Å². The fourth-order valence-corrected chi connectivity index (χ4v) is 1.07. The molecule has 0 spiro atoms. The number of alkyl halides is 2. The molecule has 1 aromatic heterocycles. The van der Waals surface area contributed by atoms with Crippen LogP contribution in [0.4, 0.5) is 14.5 Å². The van der Waals surface area contributed by atoms with Crippen molar-refractivity contribution in [2.45, 2.75) is 6.43 Å². The zero-order valence-electron chi connectivity index (χ0n) is 5.69. The molecule has 0 aromatic carbocycles. The number of anilines is 1. The van der Waals surface area contributed by atoms with Gasteiger partial charge in [-0.05, 0) is 0 Å². The molecule has 1 aromatic rings. The van der Waals surface area contributed by atoms with Gasteiger partial charge in [-0.3, -0.25) is 4.98 Å². The molecule has 0 saturated carbocycles. The van der Waals surface area contributed by atoms with E-state index in [9.17, 15) is 8.78 Å². The number of nitrogens with two attached hydrogens (primary N) is 1. The van der Waals surface area contributed by atoms with E-state index in [-0.39, 0.29) is 15.7 Å². The van der Waals surface area contributed by atoms with Gasteiger partial charge < -0.3 is 5.73 Å². The van der Waals surface area contributed by atoms with Gasteiger partial charge in [0.2, 0.25) is 0 Å². The first kappa shape index (κ1) is 9.48. The van der Waals surface area contributed by atoms with E-state index in [1.165, 1.54) is 0 Å². The Morgan fingerprint density at radius 1 is 1.42 bits per heavy atom. The average molecular weight is 213 g/mol. The smallest absolute Gasteiger partial charge is 0.281 e. The van der Waals surface area contributed by atoms with Crippen LogP contribution in [0.5, 0.6) is 0 Å². The van der Waals surface area contributed by atoms with E-state index in [1.807, 2.05) is 0 Å². The molecule has 0 aliphatic heterocycles. The quantitative estimate of drug-likeness (QED) is 0.778. The summed E-state index contributed by atoms with van der Waals surface area (Å²) in [6.45, 7) is 0. The van der Waals surface area contributed by atoms with Gasteiger partial charge in [0.1, 0.15) is 5.69 Å². The lowest BCUT2D eigenvalue weighted by atomic mass is 10.3. The minimum Gasteiger partial charge on any atom is -0.396 e. The third-order valence-electron chi connectivity index (χ3n) is 1.24. The van der Waals surface area contributed by atoms with E-state index in [0.29, 0.717) is 0 Å². The van der Waals surface area contributed by atoms with Crippen LogP contribution in [0.2, 0.25) is 10.0 Å². The molecule has 2 nitrogen and oxygen atoms in total. The number of halogens is 4. The predicted octanol–water partition coefficient (Wildman–Crippen LogP) is 2.91. The van der Waals surface area contributed by atoms with Gasteiger partial charge in [0.05, 0.1) is 15.7 Å². The molecule has 66 valence electrons. The zero-order chi connectivity index (χ0) is 9.30.